The molecule has 0 spiro atoms. The molecule has 0 unspecified atom stereocenters. The first kappa shape index (κ1) is 12.8. The van der Waals surface area contributed by atoms with Gasteiger partial charge in [0, 0.05) is 9.13 Å². The van der Waals surface area contributed by atoms with Gasteiger partial charge in [-0.3, -0.25) is 4.79 Å². The van der Waals surface area contributed by atoms with Crippen LogP contribution in [0.25, 0.3) is 0 Å². The highest BCUT2D eigenvalue weighted by Crippen LogP contribution is 2.09. The highest BCUT2D eigenvalue weighted by atomic mass is 127. The lowest BCUT2D eigenvalue weighted by molar-refractivity contribution is 0.0926. The van der Waals surface area contributed by atoms with Gasteiger partial charge in [0.05, 0.1) is 6.21 Å². The highest BCUT2D eigenvalue weighted by Gasteiger charge is 2.07. The Kier molecular flexibility index (Phi) is 4.14. The molecule has 18 heavy (non-hydrogen) atoms. The maximum atomic E-state index is 11.6. The quantitative estimate of drug-likeness (QED) is 0.524. The minimum atomic E-state index is -0.356. The van der Waals surface area contributed by atoms with Crippen molar-refractivity contribution in [3.63, 3.8) is 0 Å². The van der Waals surface area contributed by atoms with Crippen LogP contribution in [0.5, 0.6) is 0 Å². The van der Waals surface area contributed by atoms with Crippen LogP contribution in [0.1, 0.15) is 21.9 Å². The molecule has 0 aliphatic carbocycles. The zero-order valence-corrected chi connectivity index (χ0v) is 11.8. The van der Waals surface area contributed by atoms with Crippen LogP contribution in [0.3, 0.4) is 0 Å². The Morgan fingerprint density at radius 3 is 2.78 bits per heavy atom. The molecule has 1 N–H and O–H groups in total. The summed E-state index contributed by atoms with van der Waals surface area (Å²) >= 11 is 2.21. The van der Waals surface area contributed by atoms with Gasteiger partial charge in [-0.1, -0.05) is 18.2 Å². The zero-order valence-electron chi connectivity index (χ0n) is 9.68. The number of hydrogen-bond acceptors (Lipinski definition) is 3. The number of rotatable bonds is 3. The Morgan fingerprint density at radius 2 is 2.11 bits per heavy atom. The molecule has 0 radical (unpaired) electrons. The molecule has 0 aliphatic rings. The lowest BCUT2D eigenvalue weighted by Gasteiger charge is -1.97. The summed E-state index contributed by atoms with van der Waals surface area (Å²) in [4.78, 5) is 11.6. The molecule has 0 saturated heterocycles. The predicted octanol–water partition coefficient (Wildman–Crippen LogP) is 2.96. The van der Waals surface area contributed by atoms with Gasteiger partial charge >= 0.3 is 5.91 Å². The number of nitrogens with zero attached hydrogens (tertiary/aromatic N) is 1. The molecule has 2 rings (SSSR count). The number of benzene rings is 1. The largest absolute Gasteiger partial charge is 0.456 e. The van der Waals surface area contributed by atoms with E-state index in [0.717, 1.165) is 9.13 Å². The van der Waals surface area contributed by atoms with Crippen LogP contribution in [0.4, 0.5) is 0 Å². The van der Waals surface area contributed by atoms with E-state index in [-0.39, 0.29) is 11.7 Å². The predicted molar refractivity (Wildman–Crippen MR) is 77.7 cm³/mol. The lowest BCUT2D eigenvalue weighted by atomic mass is 10.2. The van der Waals surface area contributed by atoms with Crippen molar-refractivity contribution in [3.05, 3.63) is 57.1 Å². The minimum absolute atomic E-state index is 0.257. The summed E-state index contributed by atoms with van der Waals surface area (Å²) < 4.78 is 6.26. The Labute approximate surface area is 118 Å². The first-order valence-electron chi connectivity index (χ1n) is 5.31. The second kappa shape index (κ2) is 5.81. The fourth-order valence-corrected chi connectivity index (χ4v) is 1.88. The SMILES string of the molecule is Cc1ccc(C(=O)NN=Cc2ccccc2I)o1. The van der Waals surface area contributed by atoms with Crippen molar-refractivity contribution in [2.45, 2.75) is 6.92 Å². The normalized spacial score (nSPS) is 10.8. The average molecular weight is 354 g/mol. The van der Waals surface area contributed by atoms with E-state index < -0.39 is 0 Å². The van der Waals surface area contributed by atoms with Crippen LogP contribution in [-0.4, -0.2) is 12.1 Å². The number of carbonyl (C=O) groups is 1. The average Bonchev–Trinajstić information content (AvgIpc) is 2.78. The van der Waals surface area contributed by atoms with Crippen molar-refractivity contribution in [1.29, 1.82) is 0 Å². The Balaban J connectivity index is 2.00. The van der Waals surface area contributed by atoms with E-state index in [4.69, 9.17) is 4.42 Å². The van der Waals surface area contributed by atoms with Gasteiger partial charge in [-0.2, -0.15) is 5.10 Å². The standard InChI is InChI=1S/C13H11IN2O2/c1-9-6-7-12(18-9)13(17)16-15-8-10-4-2-3-5-11(10)14/h2-8H,1H3,(H,16,17). The van der Waals surface area contributed by atoms with Crippen LogP contribution in [0.15, 0.2) is 45.9 Å². The summed E-state index contributed by atoms with van der Waals surface area (Å²) in [7, 11) is 0. The smallest absolute Gasteiger partial charge is 0.307 e. The van der Waals surface area contributed by atoms with E-state index in [9.17, 15) is 4.79 Å². The molecule has 1 amide bonds. The molecule has 2 aromatic rings. The molecule has 0 bridgehead atoms. The number of aryl methyl sites for hydroxylation is 1. The fraction of sp³-hybridized carbons (Fsp3) is 0.0769. The molecular formula is C13H11IN2O2. The minimum Gasteiger partial charge on any atom is -0.456 e. The molecule has 1 aromatic carbocycles. The first-order chi connectivity index (χ1) is 8.66. The molecule has 1 aromatic heterocycles. The van der Waals surface area contributed by atoms with Gasteiger partial charge in [0.2, 0.25) is 0 Å². The number of carbonyl (C=O) groups excluding carboxylic acids is 1. The number of halogens is 1. The third-order valence-corrected chi connectivity index (χ3v) is 3.22. The molecule has 1 heterocycles. The molecule has 5 heteroatoms. The fourth-order valence-electron chi connectivity index (χ4n) is 1.35. The van der Waals surface area contributed by atoms with Crippen molar-refractivity contribution >= 4 is 34.7 Å². The van der Waals surface area contributed by atoms with E-state index in [1.165, 1.54) is 0 Å². The number of hydrazone groups is 1. The van der Waals surface area contributed by atoms with Gasteiger partial charge in [-0.05, 0) is 47.7 Å². The number of nitrogens with one attached hydrogen (secondary N) is 1. The molecule has 0 fully saturated rings. The summed E-state index contributed by atoms with van der Waals surface area (Å²) in [6.45, 7) is 1.78. The third-order valence-electron chi connectivity index (χ3n) is 2.24. The van der Waals surface area contributed by atoms with Crippen molar-refractivity contribution in [2.24, 2.45) is 5.10 Å². The summed E-state index contributed by atoms with van der Waals surface area (Å²) in [5.74, 6) is 0.597. The molecule has 0 saturated carbocycles. The van der Waals surface area contributed by atoms with Crippen LogP contribution in [-0.2, 0) is 0 Å². The Hall–Kier alpha value is -1.63. The topological polar surface area (TPSA) is 54.6 Å². The maximum Gasteiger partial charge on any atom is 0.307 e. The first-order valence-corrected chi connectivity index (χ1v) is 6.39. The van der Waals surface area contributed by atoms with Crippen LogP contribution >= 0.6 is 22.6 Å². The second-order valence-electron chi connectivity index (χ2n) is 3.63. The Bertz CT molecular complexity index is 590. The molecule has 4 nitrogen and oxygen atoms in total. The Morgan fingerprint density at radius 1 is 1.33 bits per heavy atom. The van der Waals surface area contributed by atoms with E-state index in [0.29, 0.717) is 5.76 Å². The summed E-state index contributed by atoms with van der Waals surface area (Å²) in [5.41, 5.74) is 3.37. The van der Waals surface area contributed by atoms with Crippen LogP contribution in [0, 0.1) is 10.5 Å². The summed E-state index contributed by atoms with van der Waals surface area (Å²) in [5, 5.41) is 3.90. The maximum absolute atomic E-state index is 11.6. The number of furan rings is 1. The van der Waals surface area contributed by atoms with Crippen molar-refractivity contribution in [1.82, 2.24) is 5.43 Å². The van der Waals surface area contributed by atoms with E-state index in [1.54, 1.807) is 25.3 Å². The van der Waals surface area contributed by atoms with Crippen molar-refractivity contribution in [2.75, 3.05) is 0 Å². The summed E-state index contributed by atoms with van der Waals surface area (Å²) in [6.07, 6.45) is 1.61. The van der Waals surface area contributed by atoms with Crippen LogP contribution in [0.2, 0.25) is 0 Å². The molecule has 0 aliphatic heterocycles. The highest BCUT2D eigenvalue weighted by molar-refractivity contribution is 14.1. The number of amides is 1. The molecular weight excluding hydrogens is 343 g/mol. The van der Waals surface area contributed by atoms with Gasteiger partial charge in [0.1, 0.15) is 5.76 Å². The number of hydrogen-bond donors (Lipinski definition) is 1. The van der Waals surface area contributed by atoms with E-state index in [1.807, 2.05) is 24.3 Å². The van der Waals surface area contributed by atoms with Crippen LogP contribution < -0.4 is 5.43 Å². The monoisotopic (exact) mass is 354 g/mol. The zero-order chi connectivity index (χ0) is 13.0. The van der Waals surface area contributed by atoms with Gasteiger partial charge in [-0.25, -0.2) is 5.43 Å². The van der Waals surface area contributed by atoms with E-state index in [2.05, 4.69) is 33.1 Å². The van der Waals surface area contributed by atoms with Gasteiger partial charge in [0.15, 0.2) is 5.76 Å². The molecule has 92 valence electrons. The van der Waals surface area contributed by atoms with E-state index >= 15 is 0 Å². The van der Waals surface area contributed by atoms with Gasteiger partial charge in [-0.15, -0.1) is 0 Å². The van der Waals surface area contributed by atoms with Gasteiger partial charge in [0.25, 0.3) is 0 Å². The lowest BCUT2D eigenvalue weighted by Crippen LogP contribution is -2.16. The third kappa shape index (κ3) is 3.19. The second-order valence-corrected chi connectivity index (χ2v) is 4.79. The van der Waals surface area contributed by atoms with Gasteiger partial charge < -0.3 is 4.42 Å². The van der Waals surface area contributed by atoms with Crippen molar-refractivity contribution in [3.8, 4) is 0 Å². The van der Waals surface area contributed by atoms with Crippen molar-refractivity contribution < 1.29 is 9.21 Å². The summed E-state index contributed by atoms with van der Waals surface area (Å²) in [6, 6.07) is 11.1. The molecule has 0 atom stereocenters.